The van der Waals surface area contributed by atoms with Crippen LogP contribution in [0.15, 0.2) is 48.5 Å². The largest absolute Gasteiger partial charge is 0.358 e. The van der Waals surface area contributed by atoms with E-state index in [2.05, 4.69) is 5.32 Å². The first-order chi connectivity index (χ1) is 12.1. The summed E-state index contributed by atoms with van der Waals surface area (Å²) >= 11 is 5.85. The Balaban J connectivity index is 1.43. The monoisotopic (exact) mass is 362 g/mol. The van der Waals surface area contributed by atoms with Gasteiger partial charge in [0.15, 0.2) is 6.54 Å². The van der Waals surface area contributed by atoms with Gasteiger partial charge in [-0.25, -0.2) is 4.39 Å². The molecule has 4 nitrogen and oxygen atoms in total. The smallest absolute Gasteiger partial charge is 0.275 e. The van der Waals surface area contributed by atoms with Crippen LogP contribution in [0.2, 0.25) is 5.02 Å². The van der Waals surface area contributed by atoms with Gasteiger partial charge in [-0.3, -0.25) is 4.79 Å². The van der Waals surface area contributed by atoms with E-state index in [-0.39, 0.29) is 11.7 Å². The normalized spacial score (nSPS) is 15.2. The van der Waals surface area contributed by atoms with E-state index < -0.39 is 0 Å². The Hall–Kier alpha value is -2.11. The summed E-state index contributed by atoms with van der Waals surface area (Å²) in [6.45, 7) is 4.09. The molecule has 0 aromatic heterocycles. The zero-order valence-electron chi connectivity index (χ0n) is 14.0. The summed E-state index contributed by atoms with van der Waals surface area (Å²) in [6.07, 6.45) is 0. The third kappa shape index (κ3) is 4.94. The molecule has 0 saturated carbocycles. The van der Waals surface area contributed by atoms with E-state index >= 15 is 0 Å². The van der Waals surface area contributed by atoms with E-state index in [0.29, 0.717) is 23.8 Å². The van der Waals surface area contributed by atoms with Gasteiger partial charge in [0.05, 0.1) is 31.9 Å². The van der Waals surface area contributed by atoms with Crippen LogP contribution in [0.25, 0.3) is 0 Å². The molecule has 0 atom stereocenters. The topological polar surface area (TPSA) is 36.8 Å². The average molecular weight is 363 g/mol. The number of rotatable bonds is 5. The molecule has 1 amide bonds. The molecule has 0 bridgehead atoms. The van der Waals surface area contributed by atoms with Gasteiger partial charge in [0.1, 0.15) is 5.82 Å². The minimum atomic E-state index is -0.188. The molecule has 0 radical (unpaired) electrons. The number of anilines is 1. The summed E-state index contributed by atoms with van der Waals surface area (Å²) in [4.78, 5) is 15.4. The second-order valence-electron chi connectivity index (χ2n) is 6.27. The minimum Gasteiger partial charge on any atom is -0.358 e. The second kappa shape index (κ2) is 8.32. The maximum absolute atomic E-state index is 13.8. The molecule has 1 saturated heterocycles. The highest BCUT2D eigenvalue weighted by Crippen LogP contribution is 2.18. The summed E-state index contributed by atoms with van der Waals surface area (Å²) in [7, 11) is 0. The fraction of sp³-hybridized carbons (Fsp3) is 0.316. The third-order valence-electron chi connectivity index (χ3n) is 4.48. The summed E-state index contributed by atoms with van der Waals surface area (Å²) in [6, 6.07) is 14.3. The van der Waals surface area contributed by atoms with Crippen molar-refractivity contribution in [2.24, 2.45) is 0 Å². The van der Waals surface area contributed by atoms with Crippen molar-refractivity contribution in [2.45, 2.75) is 6.54 Å². The van der Waals surface area contributed by atoms with Crippen molar-refractivity contribution in [3.63, 3.8) is 0 Å². The van der Waals surface area contributed by atoms with Crippen LogP contribution in [0.4, 0.5) is 10.1 Å². The first-order valence-electron chi connectivity index (χ1n) is 8.46. The van der Waals surface area contributed by atoms with Crippen LogP contribution in [0.5, 0.6) is 0 Å². The molecular formula is C19H22ClFN3O+. The Labute approximate surface area is 152 Å². The number of hydrogen-bond donors (Lipinski definition) is 2. The van der Waals surface area contributed by atoms with Crippen molar-refractivity contribution in [1.29, 1.82) is 0 Å². The molecule has 1 heterocycles. The molecule has 0 spiro atoms. The van der Waals surface area contributed by atoms with Crippen molar-refractivity contribution in [2.75, 3.05) is 37.6 Å². The van der Waals surface area contributed by atoms with Gasteiger partial charge in [-0.2, -0.15) is 0 Å². The number of para-hydroxylation sites is 1. The predicted octanol–water partition coefficient (Wildman–Crippen LogP) is 1.50. The second-order valence-corrected chi connectivity index (χ2v) is 6.70. The van der Waals surface area contributed by atoms with Gasteiger partial charge in [-0.05, 0) is 29.8 Å². The zero-order valence-corrected chi connectivity index (χ0v) is 14.7. The molecule has 1 aliphatic rings. The molecule has 6 heteroatoms. The first-order valence-corrected chi connectivity index (χ1v) is 8.84. The van der Waals surface area contributed by atoms with Crippen molar-refractivity contribution >= 4 is 23.2 Å². The predicted molar refractivity (Wildman–Crippen MR) is 97.5 cm³/mol. The first kappa shape index (κ1) is 17.7. The fourth-order valence-corrected chi connectivity index (χ4v) is 3.17. The Morgan fingerprint density at radius 3 is 2.48 bits per heavy atom. The van der Waals surface area contributed by atoms with Crippen LogP contribution in [0.3, 0.4) is 0 Å². The Morgan fingerprint density at radius 2 is 1.80 bits per heavy atom. The van der Waals surface area contributed by atoms with Gasteiger partial charge in [-0.15, -0.1) is 0 Å². The van der Waals surface area contributed by atoms with E-state index in [1.54, 1.807) is 12.1 Å². The van der Waals surface area contributed by atoms with Crippen molar-refractivity contribution in [1.82, 2.24) is 5.32 Å². The lowest BCUT2D eigenvalue weighted by Gasteiger charge is -2.33. The highest BCUT2D eigenvalue weighted by molar-refractivity contribution is 6.30. The molecule has 1 aliphatic heterocycles. The van der Waals surface area contributed by atoms with Crippen molar-refractivity contribution in [3.8, 4) is 0 Å². The van der Waals surface area contributed by atoms with Crippen molar-refractivity contribution < 1.29 is 14.1 Å². The van der Waals surface area contributed by atoms with Crippen LogP contribution >= 0.6 is 11.6 Å². The lowest BCUT2D eigenvalue weighted by atomic mass is 10.2. The van der Waals surface area contributed by atoms with Gasteiger partial charge in [-0.1, -0.05) is 35.9 Å². The summed E-state index contributed by atoms with van der Waals surface area (Å²) in [5.74, 6) is -0.157. The van der Waals surface area contributed by atoms with Crippen LogP contribution in [0, 0.1) is 5.82 Å². The number of amides is 1. The van der Waals surface area contributed by atoms with E-state index in [1.165, 1.54) is 11.0 Å². The maximum Gasteiger partial charge on any atom is 0.275 e. The van der Waals surface area contributed by atoms with Crippen LogP contribution < -0.4 is 15.1 Å². The number of halogens is 2. The molecule has 2 N–H and O–H groups in total. The molecule has 2 aromatic rings. The SMILES string of the molecule is O=C(C[NH+]1CCN(c2ccccc2F)CC1)NCc1ccc(Cl)cc1. The number of piperazine rings is 1. The molecule has 0 unspecified atom stereocenters. The van der Waals surface area contributed by atoms with Gasteiger partial charge in [0.25, 0.3) is 5.91 Å². The highest BCUT2D eigenvalue weighted by atomic mass is 35.5. The molecule has 25 heavy (non-hydrogen) atoms. The quantitative estimate of drug-likeness (QED) is 0.845. The van der Waals surface area contributed by atoms with Gasteiger partial charge in [0.2, 0.25) is 0 Å². The number of quaternary nitrogens is 1. The average Bonchev–Trinajstić information content (AvgIpc) is 2.62. The Bertz CT molecular complexity index is 715. The van der Waals surface area contributed by atoms with E-state index in [4.69, 9.17) is 11.6 Å². The number of carbonyl (C=O) groups excluding carboxylic acids is 1. The molecular weight excluding hydrogens is 341 g/mol. The van der Waals surface area contributed by atoms with Gasteiger partial charge < -0.3 is 15.1 Å². The van der Waals surface area contributed by atoms with Crippen LogP contribution in [0.1, 0.15) is 5.56 Å². The number of hydrogen-bond acceptors (Lipinski definition) is 2. The Morgan fingerprint density at radius 1 is 1.12 bits per heavy atom. The van der Waals surface area contributed by atoms with Crippen molar-refractivity contribution in [3.05, 3.63) is 64.9 Å². The summed E-state index contributed by atoms with van der Waals surface area (Å²) in [5.41, 5.74) is 1.67. The molecule has 3 rings (SSSR count). The van der Waals surface area contributed by atoms with E-state index in [0.717, 1.165) is 31.7 Å². The fourth-order valence-electron chi connectivity index (χ4n) is 3.04. The number of carbonyl (C=O) groups is 1. The minimum absolute atomic E-state index is 0.0318. The van der Waals surface area contributed by atoms with Crippen LogP contribution in [-0.2, 0) is 11.3 Å². The lowest BCUT2D eigenvalue weighted by molar-refractivity contribution is -0.892. The summed E-state index contributed by atoms with van der Waals surface area (Å²) in [5, 5.41) is 3.63. The number of nitrogens with one attached hydrogen (secondary N) is 2. The third-order valence-corrected chi connectivity index (χ3v) is 4.73. The molecule has 1 fully saturated rings. The van der Waals surface area contributed by atoms with E-state index in [9.17, 15) is 9.18 Å². The number of benzene rings is 2. The summed E-state index contributed by atoms with van der Waals surface area (Å²) < 4.78 is 13.8. The van der Waals surface area contributed by atoms with Gasteiger partial charge >= 0.3 is 0 Å². The zero-order chi connectivity index (χ0) is 17.6. The standard InChI is InChI=1S/C19H21ClFN3O/c20-16-7-5-15(6-8-16)13-22-19(25)14-23-9-11-24(12-10-23)18-4-2-1-3-17(18)21/h1-8H,9-14H2,(H,22,25)/p+1. The molecule has 132 valence electrons. The Kier molecular flexibility index (Phi) is 5.89. The van der Waals surface area contributed by atoms with Gasteiger partial charge in [0, 0.05) is 11.6 Å². The number of nitrogens with zero attached hydrogens (tertiary/aromatic N) is 1. The lowest BCUT2D eigenvalue weighted by Crippen LogP contribution is -3.15. The van der Waals surface area contributed by atoms with Crippen LogP contribution in [-0.4, -0.2) is 38.6 Å². The van der Waals surface area contributed by atoms with E-state index in [1.807, 2.05) is 35.2 Å². The maximum atomic E-state index is 13.8. The highest BCUT2D eigenvalue weighted by Gasteiger charge is 2.23. The molecule has 0 aliphatic carbocycles. The molecule has 2 aromatic carbocycles.